The molecule has 12 N–H and O–H groups in total. The lowest BCUT2D eigenvalue weighted by atomic mass is 9.98. The van der Waals surface area contributed by atoms with E-state index in [2.05, 4.69) is 0 Å². The Hall–Kier alpha value is -4.93. The van der Waals surface area contributed by atoms with Gasteiger partial charge >= 0.3 is 23.3 Å². The number of carbonyl (C=O) groups is 2. The van der Waals surface area contributed by atoms with Gasteiger partial charge in [0.2, 0.25) is 24.1 Å². The van der Waals surface area contributed by atoms with Gasteiger partial charge in [0.05, 0.1) is 45.2 Å². The molecular formula is C38H47O24+. The lowest BCUT2D eigenvalue weighted by molar-refractivity contribution is -0.319. The second kappa shape index (κ2) is 19.2. The molecule has 24 nitrogen and oxygen atoms in total. The third kappa shape index (κ3) is 9.52. The van der Waals surface area contributed by atoms with Crippen LogP contribution in [0.4, 0.5) is 0 Å². The number of aliphatic hydroxyl groups is 9. The third-order valence-electron chi connectivity index (χ3n) is 10.3. The molecular weight excluding hydrogens is 840 g/mol. The van der Waals surface area contributed by atoms with Gasteiger partial charge in [0.15, 0.2) is 23.9 Å². The van der Waals surface area contributed by atoms with Crippen molar-refractivity contribution in [3.8, 4) is 45.8 Å². The Bertz CT molecular complexity index is 2040. The van der Waals surface area contributed by atoms with Gasteiger partial charge in [-0.1, -0.05) is 0 Å². The van der Waals surface area contributed by atoms with Gasteiger partial charge in [0.25, 0.3) is 0 Å². The molecule has 6 rings (SSSR count). The average molecular weight is 888 g/mol. The molecule has 342 valence electrons. The van der Waals surface area contributed by atoms with Crippen molar-refractivity contribution in [2.75, 3.05) is 27.4 Å². The normalized spacial score (nSPS) is 33.7. The fourth-order valence-electron chi connectivity index (χ4n) is 6.96. The van der Waals surface area contributed by atoms with E-state index in [1.165, 1.54) is 39.3 Å². The van der Waals surface area contributed by atoms with Crippen molar-refractivity contribution in [2.45, 2.75) is 105 Å². The van der Waals surface area contributed by atoms with Gasteiger partial charge in [-0.25, -0.2) is 4.42 Å². The first-order valence-corrected chi connectivity index (χ1v) is 18.8. The molecule has 0 saturated carbocycles. The number of ether oxygens (including phenoxy) is 9. The number of aromatic hydroxyl groups is 2. The number of esters is 1. The van der Waals surface area contributed by atoms with Crippen LogP contribution in [0.2, 0.25) is 0 Å². The number of carboxylic acids is 1. The topological polar surface area (TPSA) is 371 Å². The molecule has 24 heteroatoms. The maximum Gasteiger partial charge on any atom is 0.402 e. The van der Waals surface area contributed by atoms with Gasteiger partial charge in [-0.15, -0.1) is 0 Å². The Balaban J connectivity index is 1.32. The molecule has 15 atom stereocenters. The van der Waals surface area contributed by atoms with Crippen LogP contribution in [0.15, 0.2) is 34.7 Å². The van der Waals surface area contributed by atoms with Crippen LogP contribution in [-0.2, 0) is 33.3 Å². The first-order chi connectivity index (χ1) is 29.4. The summed E-state index contributed by atoms with van der Waals surface area (Å²) in [5.41, 5.74) is -0.0480. The zero-order valence-electron chi connectivity index (χ0n) is 32.9. The second-order valence-corrected chi connectivity index (χ2v) is 14.5. The molecule has 2 aromatic carbocycles. The highest BCUT2D eigenvalue weighted by molar-refractivity contribution is 5.90. The number of methoxy groups -OCH3 is 2. The summed E-state index contributed by atoms with van der Waals surface area (Å²) in [5.74, 6) is -4.58. The first kappa shape index (κ1) is 46.6. The summed E-state index contributed by atoms with van der Waals surface area (Å²) in [6, 6.07) is 6.07. The van der Waals surface area contributed by atoms with Gasteiger partial charge in [-0.05, 0) is 6.92 Å². The van der Waals surface area contributed by atoms with Crippen LogP contribution in [-0.4, -0.2) is 193 Å². The van der Waals surface area contributed by atoms with Crippen molar-refractivity contribution in [3.63, 3.8) is 0 Å². The van der Waals surface area contributed by atoms with Crippen molar-refractivity contribution < 1.29 is 118 Å². The summed E-state index contributed by atoms with van der Waals surface area (Å²) in [5, 5.41) is 126. The number of aliphatic hydroxyl groups excluding tert-OH is 9. The summed E-state index contributed by atoms with van der Waals surface area (Å²) >= 11 is 0. The summed E-state index contributed by atoms with van der Waals surface area (Å²) in [6.07, 6.45) is -26.9. The SMILES string of the molecule is COc1cc(-c2[o+]c3cc(O)cc(O[C@@H]4OC(CO)[C@@H](O)[C@H](O)C4O)c3cc2O[C@@H]2O[C@H](CO[C@@H]3OC(C)[C@H](OC(=O)CC(=O)O)C(O)[C@@H]3O)[C@@H](O)C(O)C2O)cc(OC)c1O. The molecule has 4 heterocycles. The summed E-state index contributed by atoms with van der Waals surface area (Å²) in [7, 11) is 2.51. The Morgan fingerprint density at radius 2 is 1.24 bits per heavy atom. The van der Waals surface area contributed by atoms with E-state index >= 15 is 0 Å². The molecule has 3 aliphatic heterocycles. The van der Waals surface area contributed by atoms with Crippen LogP contribution in [0, 0.1) is 0 Å². The standard InChI is InChI=1S/C38H46O24/c1-12-34(62-24(43)9-23(41)42)30(49)33(52)36(56-12)55-11-22-27(46)29(48)32(51)38(61-22)59-20-8-15-16(57-35(20)13-4-18(53-2)25(44)19(5-13)54-3)6-14(40)7-17(15)58-37-31(50)28(47)26(45)21(10-39)60-37/h4-8,12,21-22,26-34,36-39,45-52H,9-11H2,1-3H3,(H2-,40,41,42,44)/p+1/t12?,21?,22-,26-,27-,28+,29?,30?,31?,32?,33+,34+,36-,37-,38-/m1/s1. The van der Waals surface area contributed by atoms with E-state index in [4.69, 9.17) is 52.2 Å². The highest BCUT2D eigenvalue weighted by atomic mass is 16.7. The van der Waals surface area contributed by atoms with Gasteiger partial charge in [-0.2, -0.15) is 0 Å². The Labute approximate surface area is 349 Å². The average Bonchev–Trinajstić information content (AvgIpc) is 3.23. The number of rotatable bonds is 14. The molecule has 62 heavy (non-hydrogen) atoms. The predicted molar refractivity (Wildman–Crippen MR) is 199 cm³/mol. The van der Waals surface area contributed by atoms with Gasteiger partial charge in [-0.3, -0.25) is 9.59 Å². The summed E-state index contributed by atoms with van der Waals surface area (Å²) in [6.45, 7) is -0.137. The van der Waals surface area contributed by atoms with Crippen LogP contribution in [0.25, 0.3) is 22.3 Å². The minimum Gasteiger partial charge on any atom is -0.507 e. The largest absolute Gasteiger partial charge is 0.507 e. The molecule has 6 unspecified atom stereocenters. The van der Waals surface area contributed by atoms with Crippen LogP contribution < -0.4 is 18.9 Å². The quantitative estimate of drug-likeness (QED) is 0.0437. The molecule has 0 bridgehead atoms. The van der Waals surface area contributed by atoms with Gasteiger partial charge in [0.1, 0.15) is 84.3 Å². The maximum absolute atomic E-state index is 11.9. The molecule has 0 radical (unpaired) electrons. The van der Waals surface area contributed by atoms with E-state index in [0.717, 1.165) is 12.1 Å². The minimum atomic E-state index is -2.00. The second-order valence-electron chi connectivity index (χ2n) is 14.5. The number of aliphatic carboxylic acids is 1. The Morgan fingerprint density at radius 3 is 1.82 bits per heavy atom. The monoisotopic (exact) mass is 887 g/mol. The number of carboxylic acid groups (broad SMARTS) is 1. The Kier molecular flexibility index (Phi) is 14.4. The van der Waals surface area contributed by atoms with Crippen molar-refractivity contribution in [1.29, 1.82) is 0 Å². The number of carbonyl (C=O) groups excluding carboxylic acids is 1. The smallest absolute Gasteiger partial charge is 0.402 e. The van der Waals surface area contributed by atoms with E-state index in [0.29, 0.717) is 0 Å². The fraction of sp³-hybridized carbons (Fsp3) is 0.553. The molecule has 0 spiro atoms. The predicted octanol–water partition coefficient (Wildman–Crippen LogP) is -2.96. The van der Waals surface area contributed by atoms with E-state index in [1.807, 2.05) is 0 Å². The molecule has 3 saturated heterocycles. The highest BCUT2D eigenvalue weighted by Gasteiger charge is 2.50. The van der Waals surface area contributed by atoms with Crippen LogP contribution in [0.1, 0.15) is 13.3 Å². The first-order valence-electron chi connectivity index (χ1n) is 18.8. The number of hydrogen-bond acceptors (Lipinski definition) is 22. The van der Waals surface area contributed by atoms with Gasteiger partial charge in [0, 0.05) is 24.3 Å². The lowest BCUT2D eigenvalue weighted by Crippen LogP contribution is -2.62. The summed E-state index contributed by atoms with van der Waals surface area (Å²) < 4.78 is 56.2. The van der Waals surface area contributed by atoms with Crippen LogP contribution in [0.5, 0.6) is 34.5 Å². The number of phenols is 2. The fourth-order valence-corrected chi connectivity index (χ4v) is 6.96. The molecule has 3 aromatic rings. The van der Waals surface area contributed by atoms with E-state index in [1.54, 1.807) is 0 Å². The highest BCUT2D eigenvalue weighted by Crippen LogP contribution is 2.46. The van der Waals surface area contributed by atoms with Gasteiger partial charge < -0.3 is 104 Å². The van der Waals surface area contributed by atoms with Crippen molar-refractivity contribution in [2.24, 2.45) is 0 Å². The van der Waals surface area contributed by atoms with E-state index in [-0.39, 0.29) is 45.3 Å². The van der Waals surface area contributed by atoms with Crippen molar-refractivity contribution in [3.05, 3.63) is 30.3 Å². The van der Waals surface area contributed by atoms with Crippen molar-refractivity contribution in [1.82, 2.24) is 0 Å². The number of fused-ring (bicyclic) bond motifs is 1. The third-order valence-corrected chi connectivity index (χ3v) is 10.3. The lowest BCUT2D eigenvalue weighted by Gasteiger charge is -2.43. The zero-order chi connectivity index (χ0) is 45.3. The molecule has 0 aliphatic carbocycles. The summed E-state index contributed by atoms with van der Waals surface area (Å²) in [4.78, 5) is 22.8. The van der Waals surface area contributed by atoms with Crippen LogP contribution in [0.3, 0.4) is 0 Å². The zero-order valence-corrected chi connectivity index (χ0v) is 32.9. The maximum atomic E-state index is 11.9. The molecule has 1 aromatic heterocycles. The van der Waals surface area contributed by atoms with Crippen molar-refractivity contribution >= 4 is 22.9 Å². The molecule has 0 amide bonds. The number of benzene rings is 2. The number of phenolic OH excluding ortho intramolecular Hbond substituents is 2. The minimum absolute atomic E-state index is 0.0370. The number of hydrogen-bond donors (Lipinski definition) is 12. The van der Waals surface area contributed by atoms with E-state index in [9.17, 15) is 65.8 Å². The van der Waals surface area contributed by atoms with Crippen LogP contribution >= 0.6 is 0 Å². The molecule has 3 aliphatic rings. The van der Waals surface area contributed by atoms with E-state index < -0.39 is 135 Å². The molecule has 3 fully saturated rings. The Morgan fingerprint density at radius 1 is 0.677 bits per heavy atom.